The Balaban J connectivity index is 2.51. The van der Waals surface area contributed by atoms with E-state index in [1.165, 1.54) is 14.1 Å². The number of fused-ring (bicyclic) bond motifs is 1. The third kappa shape index (κ3) is 2.86. The molecule has 1 atom stereocenters. The van der Waals surface area contributed by atoms with E-state index in [0.717, 1.165) is 16.2 Å². The molecule has 1 aromatic heterocycles. The number of para-hydroxylation sites is 1. The standard InChI is InChI=1S/C13H13F3N2O2S/c1-18(2)10(19)7-12(20,13(14,15)16)11-17-8-5-3-4-6-9(8)21-11/h3-6,20H,7H2,1-2H3/t12-/m0/s1. The molecule has 0 aliphatic rings. The van der Waals surface area contributed by atoms with Crippen LogP contribution in [0.5, 0.6) is 0 Å². The Hall–Kier alpha value is -1.67. The maximum atomic E-state index is 13.3. The molecule has 0 unspecified atom stereocenters. The van der Waals surface area contributed by atoms with Crippen LogP contribution in [0.3, 0.4) is 0 Å². The summed E-state index contributed by atoms with van der Waals surface area (Å²) in [6, 6.07) is 6.48. The van der Waals surface area contributed by atoms with Crippen molar-refractivity contribution in [2.24, 2.45) is 0 Å². The summed E-state index contributed by atoms with van der Waals surface area (Å²) < 4.78 is 40.4. The smallest absolute Gasteiger partial charge is 0.374 e. The van der Waals surface area contributed by atoms with Crippen LogP contribution < -0.4 is 0 Å². The molecule has 2 aromatic rings. The van der Waals surface area contributed by atoms with Crippen molar-refractivity contribution < 1.29 is 23.1 Å². The minimum atomic E-state index is -4.99. The van der Waals surface area contributed by atoms with E-state index in [2.05, 4.69) is 4.98 Å². The zero-order chi connectivity index (χ0) is 15.8. The fourth-order valence-electron chi connectivity index (χ4n) is 1.72. The van der Waals surface area contributed by atoms with Crippen molar-refractivity contribution in [3.05, 3.63) is 29.3 Å². The van der Waals surface area contributed by atoms with Crippen LogP contribution in [0.25, 0.3) is 10.2 Å². The molecular weight excluding hydrogens is 305 g/mol. The van der Waals surface area contributed by atoms with E-state index >= 15 is 0 Å². The molecule has 0 spiro atoms. The number of aromatic nitrogens is 1. The predicted octanol–water partition coefficient (Wildman–Crippen LogP) is 2.52. The molecular formula is C13H13F3N2O2S. The van der Waals surface area contributed by atoms with Crippen molar-refractivity contribution in [1.29, 1.82) is 0 Å². The molecule has 0 aliphatic carbocycles. The first-order valence-electron chi connectivity index (χ1n) is 6.00. The van der Waals surface area contributed by atoms with Gasteiger partial charge in [0.25, 0.3) is 0 Å². The van der Waals surface area contributed by atoms with Gasteiger partial charge in [-0.15, -0.1) is 11.3 Å². The minimum Gasteiger partial charge on any atom is -0.374 e. The van der Waals surface area contributed by atoms with E-state index in [1.807, 2.05) is 0 Å². The second-order valence-corrected chi connectivity index (χ2v) is 5.84. The number of rotatable bonds is 3. The number of carbonyl (C=O) groups is 1. The fraction of sp³-hybridized carbons (Fsp3) is 0.385. The van der Waals surface area contributed by atoms with E-state index in [4.69, 9.17) is 0 Å². The van der Waals surface area contributed by atoms with Crippen LogP contribution in [0.15, 0.2) is 24.3 Å². The Morgan fingerprint density at radius 2 is 1.95 bits per heavy atom. The lowest BCUT2D eigenvalue weighted by molar-refractivity contribution is -0.268. The molecule has 0 bridgehead atoms. The number of nitrogens with zero attached hydrogens (tertiary/aromatic N) is 2. The van der Waals surface area contributed by atoms with Crippen LogP contribution >= 0.6 is 11.3 Å². The molecule has 0 saturated heterocycles. The highest BCUT2D eigenvalue weighted by molar-refractivity contribution is 7.18. The second-order valence-electron chi connectivity index (χ2n) is 4.81. The molecule has 0 aliphatic heterocycles. The van der Waals surface area contributed by atoms with E-state index in [9.17, 15) is 23.1 Å². The summed E-state index contributed by atoms with van der Waals surface area (Å²) in [7, 11) is 2.66. The number of amides is 1. The lowest BCUT2D eigenvalue weighted by Gasteiger charge is -2.28. The Kier molecular flexibility index (Phi) is 3.94. The first-order chi connectivity index (χ1) is 9.65. The van der Waals surface area contributed by atoms with Crippen LogP contribution in [-0.4, -0.2) is 41.2 Å². The predicted molar refractivity (Wildman–Crippen MR) is 72.9 cm³/mol. The van der Waals surface area contributed by atoms with Gasteiger partial charge in [0.05, 0.1) is 16.6 Å². The molecule has 2 rings (SSSR count). The third-order valence-corrected chi connectivity index (χ3v) is 4.21. The molecule has 0 fully saturated rings. The summed E-state index contributed by atoms with van der Waals surface area (Å²) in [5.41, 5.74) is -2.92. The molecule has 1 heterocycles. The van der Waals surface area contributed by atoms with Gasteiger partial charge in [0.15, 0.2) is 0 Å². The van der Waals surface area contributed by atoms with Gasteiger partial charge >= 0.3 is 6.18 Å². The van der Waals surface area contributed by atoms with Gasteiger partial charge in [-0.1, -0.05) is 12.1 Å². The monoisotopic (exact) mass is 318 g/mol. The highest BCUT2D eigenvalue weighted by Gasteiger charge is 2.58. The molecule has 21 heavy (non-hydrogen) atoms. The first kappa shape index (κ1) is 15.7. The molecule has 8 heteroatoms. The zero-order valence-electron chi connectivity index (χ0n) is 11.3. The number of halogens is 3. The van der Waals surface area contributed by atoms with Gasteiger partial charge < -0.3 is 10.0 Å². The third-order valence-electron chi connectivity index (χ3n) is 3.02. The first-order valence-corrected chi connectivity index (χ1v) is 6.82. The van der Waals surface area contributed by atoms with Crippen molar-refractivity contribution in [3.63, 3.8) is 0 Å². The average molecular weight is 318 g/mol. The Labute approximate surface area is 122 Å². The summed E-state index contributed by atoms with van der Waals surface area (Å²) in [5.74, 6) is -0.825. The second kappa shape index (κ2) is 5.27. The summed E-state index contributed by atoms with van der Waals surface area (Å²) in [4.78, 5) is 16.5. The molecule has 0 saturated carbocycles. The molecule has 0 radical (unpaired) electrons. The number of aliphatic hydroxyl groups is 1. The van der Waals surface area contributed by atoms with Crippen LogP contribution in [0.4, 0.5) is 13.2 Å². The van der Waals surface area contributed by atoms with E-state index in [-0.39, 0.29) is 0 Å². The number of thiazole rings is 1. The lowest BCUT2D eigenvalue weighted by Crippen LogP contribution is -2.46. The molecule has 1 aromatic carbocycles. The van der Waals surface area contributed by atoms with Crippen LogP contribution in [0, 0.1) is 0 Å². The summed E-state index contributed by atoms with van der Waals surface area (Å²) >= 11 is 0.733. The normalized spacial score (nSPS) is 15.0. The van der Waals surface area contributed by atoms with Crippen molar-refractivity contribution in [2.75, 3.05) is 14.1 Å². The van der Waals surface area contributed by atoms with E-state index in [1.54, 1.807) is 24.3 Å². The van der Waals surface area contributed by atoms with Gasteiger partial charge in [-0.3, -0.25) is 4.79 Å². The van der Waals surface area contributed by atoms with Gasteiger partial charge in [0.1, 0.15) is 5.01 Å². The largest absolute Gasteiger partial charge is 0.424 e. The maximum absolute atomic E-state index is 13.3. The highest BCUT2D eigenvalue weighted by Crippen LogP contribution is 2.44. The fourth-order valence-corrected chi connectivity index (χ4v) is 2.80. The summed E-state index contributed by atoms with van der Waals surface area (Å²) in [6.07, 6.45) is -6.09. The molecule has 1 amide bonds. The average Bonchev–Trinajstić information content (AvgIpc) is 2.81. The van der Waals surface area contributed by atoms with Crippen LogP contribution in [0.2, 0.25) is 0 Å². The lowest BCUT2D eigenvalue weighted by atomic mass is 9.99. The van der Waals surface area contributed by atoms with Crippen molar-refractivity contribution in [1.82, 2.24) is 9.88 Å². The maximum Gasteiger partial charge on any atom is 0.424 e. The Bertz CT molecular complexity index is 636. The van der Waals surface area contributed by atoms with Gasteiger partial charge in [-0.2, -0.15) is 13.2 Å². The topological polar surface area (TPSA) is 53.4 Å². The zero-order valence-corrected chi connectivity index (χ0v) is 12.1. The van der Waals surface area contributed by atoms with Crippen LogP contribution in [0.1, 0.15) is 11.4 Å². The highest BCUT2D eigenvalue weighted by atomic mass is 32.1. The minimum absolute atomic E-state index is 0.359. The van der Waals surface area contributed by atoms with Crippen molar-refractivity contribution in [2.45, 2.75) is 18.2 Å². The number of hydrogen-bond donors (Lipinski definition) is 1. The van der Waals surface area contributed by atoms with Gasteiger partial charge in [0, 0.05) is 14.1 Å². The number of alkyl halides is 3. The summed E-state index contributed by atoms with van der Waals surface area (Å²) in [5, 5.41) is 9.59. The molecule has 4 nitrogen and oxygen atoms in total. The van der Waals surface area contributed by atoms with Gasteiger partial charge in [-0.05, 0) is 12.1 Å². The van der Waals surface area contributed by atoms with Crippen molar-refractivity contribution >= 4 is 27.5 Å². The number of carbonyl (C=O) groups excluding carboxylic acids is 1. The van der Waals surface area contributed by atoms with E-state index in [0.29, 0.717) is 10.2 Å². The Morgan fingerprint density at radius 3 is 2.48 bits per heavy atom. The van der Waals surface area contributed by atoms with E-state index < -0.39 is 29.1 Å². The number of benzene rings is 1. The van der Waals surface area contributed by atoms with Crippen molar-refractivity contribution in [3.8, 4) is 0 Å². The Morgan fingerprint density at radius 1 is 1.33 bits per heavy atom. The van der Waals surface area contributed by atoms with Gasteiger partial charge in [0.2, 0.25) is 11.5 Å². The van der Waals surface area contributed by atoms with Gasteiger partial charge in [-0.25, -0.2) is 4.98 Å². The SMILES string of the molecule is CN(C)C(=O)C[C@](O)(c1nc2ccccc2s1)C(F)(F)F. The molecule has 114 valence electrons. The molecule has 1 N–H and O–H groups in total. The number of hydrogen-bond acceptors (Lipinski definition) is 4. The van der Waals surface area contributed by atoms with Crippen LogP contribution in [-0.2, 0) is 10.4 Å². The quantitative estimate of drug-likeness (QED) is 0.946. The summed E-state index contributed by atoms with van der Waals surface area (Å²) in [6.45, 7) is 0.